The number of aromatic nitrogens is 4. The Bertz CT molecular complexity index is 1680. The predicted molar refractivity (Wildman–Crippen MR) is 124 cm³/mol. The highest BCUT2D eigenvalue weighted by molar-refractivity contribution is 7.72. The third-order valence-corrected chi connectivity index (χ3v) is 6.09. The van der Waals surface area contributed by atoms with Crippen molar-refractivity contribution in [3.05, 3.63) is 97.2 Å². The first-order chi connectivity index (χ1) is 15.6. The highest BCUT2D eigenvalue weighted by Crippen LogP contribution is 2.48. The van der Waals surface area contributed by atoms with E-state index < -0.39 is 5.92 Å². The lowest BCUT2D eigenvalue weighted by molar-refractivity contribution is 0.413. The molecule has 156 valence electrons. The molecule has 6 rings (SSSR count). The molecule has 32 heavy (non-hydrogen) atoms. The van der Waals surface area contributed by atoms with Gasteiger partial charge in [-0.15, -0.1) is 5.10 Å². The fraction of sp³-hybridized carbons (Fsp3) is 0.0435. The number of hydrogen-bond donors (Lipinski definition) is 3. The zero-order valence-corrected chi connectivity index (χ0v) is 18.0. The monoisotopic (exact) mass is 458 g/mol. The minimum Gasteiger partial charge on any atom is -0.464 e. The van der Waals surface area contributed by atoms with Gasteiger partial charge >= 0.3 is 0 Å². The molecule has 0 spiro atoms. The molecule has 1 unspecified atom stereocenters. The molecule has 2 aromatic carbocycles. The normalized spacial score (nSPS) is 14.6. The summed E-state index contributed by atoms with van der Waals surface area (Å²) in [6, 6.07) is 16.9. The van der Waals surface area contributed by atoms with Gasteiger partial charge in [-0.25, -0.2) is 0 Å². The molecule has 0 fully saturated rings. The molecule has 4 heterocycles. The molecule has 0 bridgehead atoms. The number of hydrogen-bond acceptors (Lipinski definition) is 6. The zero-order valence-electron chi connectivity index (χ0n) is 16.3. The SMILES string of the molecule is O=c1c(C2c3c(n[nH]c3-c3ccccc3)Oc3[nH]c(=S)[nH]c(=S)c32)coc2ccccc12. The molecular formula is C23H14N4O3S2. The van der Waals surface area contributed by atoms with E-state index in [4.69, 9.17) is 33.6 Å². The summed E-state index contributed by atoms with van der Waals surface area (Å²) in [7, 11) is 0. The first-order valence-corrected chi connectivity index (χ1v) is 10.6. The van der Waals surface area contributed by atoms with Crippen LogP contribution >= 0.6 is 24.4 Å². The van der Waals surface area contributed by atoms with E-state index in [9.17, 15) is 4.79 Å². The number of ether oxygens (including phenoxy) is 1. The second-order valence-electron chi connectivity index (χ2n) is 7.39. The Kier molecular flexibility index (Phi) is 4.20. The van der Waals surface area contributed by atoms with Crippen molar-refractivity contribution >= 4 is 35.4 Å². The summed E-state index contributed by atoms with van der Waals surface area (Å²) in [5, 5.41) is 7.94. The summed E-state index contributed by atoms with van der Waals surface area (Å²) >= 11 is 10.9. The van der Waals surface area contributed by atoms with Gasteiger partial charge in [0.15, 0.2) is 10.2 Å². The Morgan fingerprint density at radius 1 is 0.938 bits per heavy atom. The minimum atomic E-state index is -0.584. The van der Waals surface area contributed by atoms with Gasteiger partial charge in [0.1, 0.15) is 10.2 Å². The average Bonchev–Trinajstić information content (AvgIpc) is 3.22. The van der Waals surface area contributed by atoms with Gasteiger partial charge in [0, 0.05) is 5.56 Å². The van der Waals surface area contributed by atoms with Crippen LogP contribution in [-0.2, 0) is 0 Å². The van der Waals surface area contributed by atoms with Gasteiger partial charge in [-0.1, -0.05) is 54.7 Å². The fourth-order valence-corrected chi connectivity index (χ4v) is 4.74. The first-order valence-electron chi connectivity index (χ1n) is 9.80. The van der Waals surface area contributed by atoms with Gasteiger partial charge in [-0.05, 0) is 29.9 Å². The fourth-order valence-electron chi connectivity index (χ4n) is 4.17. The van der Waals surface area contributed by atoms with Crippen molar-refractivity contribution in [2.75, 3.05) is 0 Å². The molecule has 1 aliphatic heterocycles. The van der Waals surface area contributed by atoms with Crippen LogP contribution in [-0.4, -0.2) is 20.2 Å². The Morgan fingerprint density at radius 2 is 1.72 bits per heavy atom. The lowest BCUT2D eigenvalue weighted by Crippen LogP contribution is -2.20. The Labute approximate surface area is 190 Å². The smallest absolute Gasteiger partial charge is 0.244 e. The molecule has 3 N–H and O–H groups in total. The molecule has 0 saturated carbocycles. The topological polar surface area (TPSA) is 99.7 Å². The van der Waals surface area contributed by atoms with E-state index >= 15 is 0 Å². The van der Waals surface area contributed by atoms with E-state index in [1.54, 1.807) is 12.1 Å². The van der Waals surface area contributed by atoms with Crippen LogP contribution in [0.3, 0.4) is 0 Å². The lowest BCUT2D eigenvalue weighted by Gasteiger charge is -2.25. The third kappa shape index (κ3) is 2.79. The van der Waals surface area contributed by atoms with E-state index in [1.807, 2.05) is 42.5 Å². The van der Waals surface area contributed by atoms with Crippen LogP contribution in [0.25, 0.3) is 22.2 Å². The highest BCUT2D eigenvalue weighted by atomic mass is 32.1. The number of H-pyrrole nitrogens is 3. The van der Waals surface area contributed by atoms with Crippen molar-refractivity contribution in [3.63, 3.8) is 0 Å². The van der Waals surface area contributed by atoms with Crippen LogP contribution < -0.4 is 10.2 Å². The lowest BCUT2D eigenvalue weighted by atomic mass is 9.84. The van der Waals surface area contributed by atoms with Crippen LogP contribution in [0.5, 0.6) is 11.8 Å². The second kappa shape index (κ2) is 7.11. The number of nitrogens with zero attached hydrogens (tertiary/aromatic N) is 1. The van der Waals surface area contributed by atoms with Gasteiger partial charge in [0.05, 0.1) is 34.4 Å². The van der Waals surface area contributed by atoms with Crippen molar-refractivity contribution < 1.29 is 9.15 Å². The first kappa shape index (κ1) is 18.9. The molecule has 0 radical (unpaired) electrons. The molecule has 1 aliphatic rings. The maximum Gasteiger partial charge on any atom is 0.244 e. The number of aromatic amines is 3. The summed E-state index contributed by atoms with van der Waals surface area (Å²) in [4.78, 5) is 19.6. The number of fused-ring (bicyclic) bond motifs is 3. The largest absolute Gasteiger partial charge is 0.464 e. The van der Waals surface area contributed by atoms with Crippen LogP contribution in [0.2, 0.25) is 0 Å². The quantitative estimate of drug-likeness (QED) is 0.293. The minimum absolute atomic E-state index is 0.146. The second-order valence-corrected chi connectivity index (χ2v) is 8.20. The molecular weight excluding hydrogens is 444 g/mol. The van der Waals surface area contributed by atoms with Crippen LogP contribution in [0.1, 0.15) is 22.6 Å². The highest BCUT2D eigenvalue weighted by Gasteiger charge is 2.37. The van der Waals surface area contributed by atoms with Gasteiger partial charge in [0.25, 0.3) is 0 Å². The van der Waals surface area contributed by atoms with E-state index in [0.717, 1.165) is 11.3 Å². The van der Waals surface area contributed by atoms with Gasteiger partial charge < -0.3 is 19.1 Å². The summed E-state index contributed by atoms with van der Waals surface area (Å²) in [5.41, 5.74) is 3.74. The maximum absolute atomic E-state index is 13.6. The molecule has 5 aromatic rings. The van der Waals surface area contributed by atoms with E-state index in [2.05, 4.69) is 20.2 Å². The summed E-state index contributed by atoms with van der Waals surface area (Å²) in [5.74, 6) is 0.120. The van der Waals surface area contributed by atoms with Crippen molar-refractivity contribution in [2.24, 2.45) is 0 Å². The van der Waals surface area contributed by atoms with Crippen molar-refractivity contribution in [1.82, 2.24) is 20.2 Å². The molecule has 3 aromatic heterocycles. The standard InChI is InChI=1S/C23H14N4O3S2/c28-19-12-8-4-5-9-14(12)29-10-13(19)15-16-18(11-6-2-1-3-7-11)26-27-21(16)30-20-17(15)22(31)25-23(32)24-20/h1-10,15H,(H,26,27)(H2,24,25,31,32). The molecule has 0 aliphatic carbocycles. The number of nitrogens with one attached hydrogen (secondary N) is 3. The summed E-state index contributed by atoms with van der Waals surface area (Å²) in [6.07, 6.45) is 1.49. The van der Waals surface area contributed by atoms with E-state index in [-0.39, 0.29) is 5.43 Å². The molecule has 7 nitrogen and oxygen atoms in total. The molecule has 0 saturated heterocycles. The summed E-state index contributed by atoms with van der Waals surface area (Å²) in [6.45, 7) is 0. The number of benzene rings is 2. The van der Waals surface area contributed by atoms with Gasteiger partial charge in [-0.3, -0.25) is 9.89 Å². The van der Waals surface area contributed by atoms with Gasteiger partial charge in [-0.2, -0.15) is 0 Å². The average molecular weight is 459 g/mol. The van der Waals surface area contributed by atoms with Crippen molar-refractivity contribution in [2.45, 2.75) is 5.92 Å². The molecule has 9 heteroatoms. The van der Waals surface area contributed by atoms with Crippen molar-refractivity contribution in [1.29, 1.82) is 0 Å². The zero-order chi connectivity index (χ0) is 21.8. The van der Waals surface area contributed by atoms with Crippen molar-refractivity contribution in [3.8, 4) is 23.0 Å². The van der Waals surface area contributed by atoms with Gasteiger partial charge in [0.2, 0.25) is 11.8 Å². The molecule has 1 atom stereocenters. The van der Waals surface area contributed by atoms with Crippen LogP contribution in [0, 0.1) is 9.41 Å². The number of rotatable bonds is 2. The Balaban J connectivity index is 1.71. The Hall–Kier alpha value is -3.82. The third-order valence-electron chi connectivity index (χ3n) is 5.57. The Morgan fingerprint density at radius 3 is 2.56 bits per heavy atom. The molecule has 0 amide bonds. The summed E-state index contributed by atoms with van der Waals surface area (Å²) < 4.78 is 12.6. The van der Waals surface area contributed by atoms with E-state index in [0.29, 0.717) is 48.8 Å². The number of para-hydroxylation sites is 1. The van der Waals surface area contributed by atoms with Crippen LogP contribution in [0.15, 0.2) is 70.1 Å². The van der Waals surface area contributed by atoms with Crippen LogP contribution in [0.4, 0.5) is 0 Å². The van der Waals surface area contributed by atoms with E-state index in [1.165, 1.54) is 6.26 Å². The maximum atomic E-state index is 13.6. The predicted octanol–water partition coefficient (Wildman–Crippen LogP) is 5.58.